The fourth-order valence-electron chi connectivity index (χ4n) is 1.01. The van der Waals surface area contributed by atoms with Gasteiger partial charge in [0.25, 0.3) is 0 Å². The molecule has 1 aliphatic carbocycles. The van der Waals surface area contributed by atoms with Gasteiger partial charge in [0.1, 0.15) is 0 Å². The highest BCUT2D eigenvalue weighted by Gasteiger charge is 2.35. The minimum absolute atomic E-state index is 0.119. The maximum atomic E-state index is 11.7. The highest BCUT2D eigenvalue weighted by Crippen LogP contribution is 2.37. The van der Waals surface area contributed by atoms with E-state index in [1.165, 1.54) is 0 Å². The van der Waals surface area contributed by atoms with Crippen LogP contribution in [0.5, 0.6) is 0 Å². The van der Waals surface area contributed by atoms with Crippen LogP contribution in [0, 0.1) is 11.8 Å². The molecule has 0 radical (unpaired) electrons. The van der Waals surface area contributed by atoms with Crippen LogP contribution in [0.15, 0.2) is 0 Å². The van der Waals surface area contributed by atoms with E-state index in [9.17, 15) is 4.39 Å². The van der Waals surface area contributed by atoms with Crippen molar-refractivity contribution in [2.75, 3.05) is 20.3 Å². The van der Waals surface area contributed by atoms with Crippen LogP contribution in [0.25, 0.3) is 0 Å². The maximum Gasteiger partial charge on any atom is 0.0925 e. The summed E-state index contributed by atoms with van der Waals surface area (Å²) in [4.78, 5) is 0. The van der Waals surface area contributed by atoms with Crippen molar-refractivity contribution in [3.05, 3.63) is 0 Å². The highest BCUT2D eigenvalue weighted by atomic mass is 19.1. The Kier molecular flexibility index (Phi) is 1.84. The van der Waals surface area contributed by atoms with Crippen molar-refractivity contribution in [1.29, 1.82) is 0 Å². The van der Waals surface area contributed by atoms with E-state index < -0.39 is 0 Å². The Bertz CT molecular complexity index is 74.9. The summed E-state index contributed by atoms with van der Waals surface area (Å²) in [7, 11) is 1.91. The van der Waals surface area contributed by atoms with Gasteiger partial charge in [0.15, 0.2) is 0 Å². The van der Waals surface area contributed by atoms with Gasteiger partial charge in [-0.15, -0.1) is 0 Å². The van der Waals surface area contributed by atoms with Crippen LogP contribution in [-0.4, -0.2) is 20.3 Å². The molecule has 2 atom stereocenters. The quantitative estimate of drug-likeness (QED) is 0.577. The van der Waals surface area contributed by atoms with E-state index in [0.29, 0.717) is 11.8 Å². The van der Waals surface area contributed by atoms with Crippen LogP contribution in [0.2, 0.25) is 0 Å². The second-order valence-corrected chi connectivity index (χ2v) is 2.47. The molecule has 0 aliphatic heterocycles. The van der Waals surface area contributed by atoms with Crippen molar-refractivity contribution in [2.24, 2.45) is 11.8 Å². The largest absolute Gasteiger partial charge is 0.319 e. The predicted octanol–water partition coefficient (Wildman–Crippen LogP) is 0.811. The van der Waals surface area contributed by atoms with Gasteiger partial charge < -0.3 is 5.32 Å². The molecule has 1 saturated carbocycles. The molecule has 1 N–H and O–H groups in total. The van der Waals surface area contributed by atoms with E-state index in [1.54, 1.807) is 0 Å². The third kappa shape index (κ3) is 1.19. The molecule has 1 nitrogen and oxygen atoms in total. The summed E-state index contributed by atoms with van der Waals surface area (Å²) < 4.78 is 11.7. The van der Waals surface area contributed by atoms with Gasteiger partial charge in [-0.1, -0.05) is 0 Å². The fourth-order valence-corrected chi connectivity index (χ4v) is 1.01. The van der Waals surface area contributed by atoms with Crippen LogP contribution in [-0.2, 0) is 0 Å². The molecular formula is C6H12FN. The number of hydrogen-bond acceptors (Lipinski definition) is 1. The molecule has 48 valence electrons. The first-order valence-electron chi connectivity index (χ1n) is 3.09. The molecule has 0 aromatic carbocycles. The summed E-state index contributed by atoms with van der Waals surface area (Å²) in [5.41, 5.74) is 0. The van der Waals surface area contributed by atoms with Crippen LogP contribution >= 0.6 is 0 Å². The van der Waals surface area contributed by atoms with Gasteiger partial charge in [-0.2, -0.15) is 0 Å². The number of nitrogens with one attached hydrogen (secondary N) is 1. The fraction of sp³-hybridized carbons (Fsp3) is 1.00. The van der Waals surface area contributed by atoms with Gasteiger partial charge in [0, 0.05) is 0 Å². The molecule has 2 heteroatoms. The number of halogens is 1. The van der Waals surface area contributed by atoms with Gasteiger partial charge in [0.2, 0.25) is 0 Å². The van der Waals surface area contributed by atoms with E-state index in [4.69, 9.17) is 0 Å². The second kappa shape index (κ2) is 2.44. The minimum atomic E-state index is -0.119. The van der Waals surface area contributed by atoms with Gasteiger partial charge >= 0.3 is 0 Å². The Labute approximate surface area is 49.3 Å². The summed E-state index contributed by atoms with van der Waals surface area (Å²) in [6.45, 7) is 0.876. The third-order valence-electron chi connectivity index (χ3n) is 1.73. The molecule has 1 aliphatic rings. The first kappa shape index (κ1) is 6.02. The van der Waals surface area contributed by atoms with Crippen LogP contribution in [0.1, 0.15) is 6.42 Å². The lowest BCUT2D eigenvalue weighted by Crippen LogP contribution is -2.10. The first-order chi connectivity index (χ1) is 3.88. The number of alkyl halides is 1. The van der Waals surface area contributed by atoms with Crippen molar-refractivity contribution in [1.82, 2.24) is 5.32 Å². The SMILES string of the molecule is CNC[C@H]1C[C@@H]1CF. The molecule has 0 aromatic heterocycles. The smallest absolute Gasteiger partial charge is 0.0925 e. The lowest BCUT2D eigenvalue weighted by molar-refractivity contribution is 0.437. The van der Waals surface area contributed by atoms with E-state index in [-0.39, 0.29) is 6.67 Å². The van der Waals surface area contributed by atoms with Gasteiger partial charge in [-0.05, 0) is 31.8 Å². The van der Waals surface area contributed by atoms with E-state index in [0.717, 1.165) is 13.0 Å². The second-order valence-electron chi connectivity index (χ2n) is 2.47. The normalized spacial score (nSPS) is 35.2. The first-order valence-corrected chi connectivity index (χ1v) is 3.09. The van der Waals surface area contributed by atoms with Gasteiger partial charge in [-0.3, -0.25) is 4.39 Å². The van der Waals surface area contributed by atoms with E-state index >= 15 is 0 Å². The topological polar surface area (TPSA) is 12.0 Å². The Balaban J connectivity index is 1.99. The molecule has 0 saturated heterocycles. The van der Waals surface area contributed by atoms with Crippen LogP contribution < -0.4 is 5.32 Å². The molecule has 8 heavy (non-hydrogen) atoms. The molecule has 0 amide bonds. The molecule has 0 bridgehead atoms. The Hall–Kier alpha value is -0.110. The standard InChI is InChI=1S/C6H12FN/c1-8-4-6-2-5(6)3-7/h5-6,8H,2-4H2,1H3/t5-,6-/m1/s1. The lowest BCUT2D eigenvalue weighted by atomic mass is 10.3. The maximum absolute atomic E-state index is 11.7. The Morgan fingerprint density at radius 3 is 2.75 bits per heavy atom. The minimum Gasteiger partial charge on any atom is -0.319 e. The third-order valence-corrected chi connectivity index (χ3v) is 1.73. The average molecular weight is 117 g/mol. The lowest BCUT2D eigenvalue weighted by Gasteiger charge is -1.91. The molecule has 0 unspecified atom stereocenters. The molecule has 0 spiro atoms. The molecule has 0 heterocycles. The van der Waals surface area contributed by atoms with Crippen molar-refractivity contribution in [2.45, 2.75) is 6.42 Å². The molecule has 0 aromatic rings. The summed E-state index contributed by atoms with van der Waals surface area (Å²) in [6.07, 6.45) is 1.09. The zero-order valence-corrected chi connectivity index (χ0v) is 5.15. The molecule has 1 fully saturated rings. The monoisotopic (exact) mass is 117 g/mol. The highest BCUT2D eigenvalue weighted by molar-refractivity contribution is 4.86. The average Bonchev–Trinajstić information content (AvgIpc) is 2.48. The summed E-state index contributed by atoms with van der Waals surface area (Å²) in [6, 6.07) is 0. The summed E-state index contributed by atoms with van der Waals surface area (Å²) in [5.74, 6) is 1.03. The number of hydrogen-bond donors (Lipinski definition) is 1. The summed E-state index contributed by atoms with van der Waals surface area (Å²) >= 11 is 0. The van der Waals surface area contributed by atoms with Crippen LogP contribution in [0.3, 0.4) is 0 Å². The van der Waals surface area contributed by atoms with Crippen molar-refractivity contribution in [3.8, 4) is 0 Å². The van der Waals surface area contributed by atoms with Gasteiger partial charge in [-0.25, -0.2) is 0 Å². The van der Waals surface area contributed by atoms with Crippen molar-refractivity contribution in [3.63, 3.8) is 0 Å². The zero-order chi connectivity index (χ0) is 5.98. The molecular weight excluding hydrogens is 105 g/mol. The van der Waals surface area contributed by atoms with E-state index in [1.807, 2.05) is 7.05 Å². The Morgan fingerprint density at radius 1 is 1.62 bits per heavy atom. The van der Waals surface area contributed by atoms with Crippen molar-refractivity contribution < 1.29 is 4.39 Å². The predicted molar refractivity (Wildman–Crippen MR) is 31.5 cm³/mol. The van der Waals surface area contributed by atoms with Gasteiger partial charge in [0.05, 0.1) is 6.67 Å². The zero-order valence-electron chi connectivity index (χ0n) is 5.15. The van der Waals surface area contributed by atoms with Crippen molar-refractivity contribution >= 4 is 0 Å². The van der Waals surface area contributed by atoms with E-state index in [2.05, 4.69) is 5.32 Å². The Morgan fingerprint density at radius 2 is 2.38 bits per heavy atom. The van der Waals surface area contributed by atoms with Crippen LogP contribution in [0.4, 0.5) is 4.39 Å². The molecule has 1 rings (SSSR count). The summed E-state index contributed by atoms with van der Waals surface area (Å²) in [5, 5.41) is 3.03. The number of rotatable bonds is 3.